The molecule has 0 spiro atoms. The summed E-state index contributed by atoms with van der Waals surface area (Å²) in [5, 5.41) is 7.75. The van der Waals surface area contributed by atoms with E-state index in [1.165, 1.54) is 6.33 Å². The highest BCUT2D eigenvalue weighted by atomic mass is 15.2. The van der Waals surface area contributed by atoms with E-state index in [-0.39, 0.29) is 0 Å². The van der Waals surface area contributed by atoms with Crippen LogP contribution in [0.2, 0.25) is 0 Å². The van der Waals surface area contributed by atoms with Gasteiger partial charge in [-0.05, 0) is 6.92 Å². The Morgan fingerprint density at radius 3 is 2.06 bits per heavy atom. The molecule has 2 rings (SSSR count). The van der Waals surface area contributed by atoms with E-state index in [0.29, 0.717) is 0 Å². The number of nitrogens with one attached hydrogen (secondary N) is 1. The summed E-state index contributed by atoms with van der Waals surface area (Å²) in [6, 6.07) is 0. The van der Waals surface area contributed by atoms with Gasteiger partial charge < -0.3 is 0 Å². The third kappa shape index (κ3) is 4.87. The van der Waals surface area contributed by atoms with Crippen molar-refractivity contribution in [3.05, 3.63) is 18.2 Å². The summed E-state index contributed by atoms with van der Waals surface area (Å²) in [7, 11) is 0. The van der Waals surface area contributed by atoms with Crippen LogP contribution in [0.15, 0.2) is 12.5 Å². The molecule has 2 heterocycles. The molecule has 0 amide bonds. The van der Waals surface area contributed by atoms with Crippen molar-refractivity contribution in [1.82, 2.24) is 20.2 Å². The first kappa shape index (κ1) is 17.0. The second kappa shape index (κ2) is 11.6. The summed E-state index contributed by atoms with van der Waals surface area (Å²) in [5.74, 6) is 0. The molecule has 1 N–H and O–H groups in total. The SMILES string of the molecule is CC.CC.CC.Cc1[nH]nc2ncncc12. The lowest BCUT2D eigenvalue weighted by Crippen LogP contribution is -1.76. The van der Waals surface area contributed by atoms with Crippen LogP contribution in [0.4, 0.5) is 0 Å². The molecule has 0 aliphatic heterocycles. The van der Waals surface area contributed by atoms with Crippen LogP contribution in [0, 0.1) is 6.92 Å². The molecule has 92 valence electrons. The fraction of sp³-hybridized carbons (Fsp3) is 0.583. The Bertz CT molecular complexity index is 355. The van der Waals surface area contributed by atoms with Crippen molar-refractivity contribution in [2.45, 2.75) is 48.5 Å². The summed E-state index contributed by atoms with van der Waals surface area (Å²) in [5.41, 5.74) is 1.74. The fourth-order valence-corrected chi connectivity index (χ4v) is 0.874. The lowest BCUT2D eigenvalue weighted by molar-refractivity contribution is 1.05. The Morgan fingerprint density at radius 1 is 1.00 bits per heavy atom. The predicted molar refractivity (Wildman–Crippen MR) is 70.5 cm³/mol. The van der Waals surface area contributed by atoms with Gasteiger partial charge in [0.05, 0.1) is 5.39 Å². The zero-order chi connectivity index (χ0) is 13.0. The minimum Gasteiger partial charge on any atom is -0.280 e. The third-order valence-corrected chi connectivity index (χ3v) is 1.42. The molecule has 0 atom stereocenters. The zero-order valence-electron chi connectivity index (χ0n) is 11.5. The van der Waals surface area contributed by atoms with Crippen LogP contribution in [-0.4, -0.2) is 20.2 Å². The van der Waals surface area contributed by atoms with Crippen molar-refractivity contribution in [2.75, 3.05) is 0 Å². The second-order valence-corrected chi connectivity index (χ2v) is 2.11. The van der Waals surface area contributed by atoms with Crippen molar-refractivity contribution < 1.29 is 0 Å². The molecule has 0 aromatic carbocycles. The molecule has 0 saturated heterocycles. The van der Waals surface area contributed by atoms with Crippen LogP contribution in [0.3, 0.4) is 0 Å². The quantitative estimate of drug-likeness (QED) is 0.741. The number of nitrogens with zero attached hydrogens (tertiary/aromatic N) is 3. The second-order valence-electron chi connectivity index (χ2n) is 2.11. The minimum absolute atomic E-state index is 0.729. The predicted octanol–water partition coefficient (Wildman–Crippen LogP) is 3.74. The lowest BCUT2D eigenvalue weighted by atomic mass is 10.3. The molecule has 4 heteroatoms. The highest BCUT2D eigenvalue weighted by Gasteiger charge is 1.98. The van der Waals surface area contributed by atoms with Crippen molar-refractivity contribution in [3.8, 4) is 0 Å². The Morgan fingerprint density at radius 2 is 1.56 bits per heavy atom. The van der Waals surface area contributed by atoms with Gasteiger partial charge in [0.1, 0.15) is 6.33 Å². The Balaban J connectivity index is 0. The first-order valence-electron chi connectivity index (χ1n) is 5.98. The molecule has 16 heavy (non-hydrogen) atoms. The van der Waals surface area contributed by atoms with E-state index in [0.717, 1.165) is 16.7 Å². The monoisotopic (exact) mass is 224 g/mol. The molecular weight excluding hydrogens is 200 g/mol. The van der Waals surface area contributed by atoms with E-state index < -0.39 is 0 Å². The molecule has 0 fully saturated rings. The molecule has 0 aliphatic rings. The van der Waals surface area contributed by atoms with Gasteiger partial charge in [0, 0.05) is 11.9 Å². The van der Waals surface area contributed by atoms with E-state index in [1.807, 2.05) is 48.5 Å². The van der Waals surface area contributed by atoms with Gasteiger partial charge in [-0.1, -0.05) is 41.5 Å². The molecule has 4 nitrogen and oxygen atoms in total. The molecule has 0 bridgehead atoms. The van der Waals surface area contributed by atoms with Gasteiger partial charge >= 0.3 is 0 Å². The number of fused-ring (bicyclic) bond motifs is 1. The molecule has 0 aliphatic carbocycles. The van der Waals surface area contributed by atoms with Crippen LogP contribution in [0.25, 0.3) is 11.0 Å². The van der Waals surface area contributed by atoms with Gasteiger partial charge in [0.15, 0.2) is 5.65 Å². The maximum absolute atomic E-state index is 3.95. The highest BCUT2D eigenvalue weighted by molar-refractivity contribution is 5.75. The summed E-state index contributed by atoms with van der Waals surface area (Å²) < 4.78 is 0. The van der Waals surface area contributed by atoms with E-state index in [9.17, 15) is 0 Å². The van der Waals surface area contributed by atoms with E-state index in [2.05, 4.69) is 20.2 Å². The summed E-state index contributed by atoms with van der Waals surface area (Å²) in [4.78, 5) is 7.82. The van der Waals surface area contributed by atoms with Crippen LogP contribution < -0.4 is 0 Å². The third-order valence-electron chi connectivity index (χ3n) is 1.42. The number of aryl methyl sites for hydroxylation is 1. The van der Waals surface area contributed by atoms with Gasteiger partial charge in [0.2, 0.25) is 0 Å². The van der Waals surface area contributed by atoms with Gasteiger partial charge in [-0.15, -0.1) is 0 Å². The van der Waals surface area contributed by atoms with Crippen LogP contribution in [0.5, 0.6) is 0 Å². The number of hydrogen-bond donors (Lipinski definition) is 1. The average Bonchev–Trinajstić information content (AvgIpc) is 2.79. The molecule has 0 saturated carbocycles. The van der Waals surface area contributed by atoms with Crippen molar-refractivity contribution >= 4 is 11.0 Å². The number of H-pyrrole nitrogens is 1. The molecule has 0 radical (unpaired) electrons. The van der Waals surface area contributed by atoms with Gasteiger partial charge in [-0.2, -0.15) is 5.10 Å². The van der Waals surface area contributed by atoms with Crippen LogP contribution in [-0.2, 0) is 0 Å². The normalized spacial score (nSPS) is 7.69. The average molecular weight is 224 g/mol. The zero-order valence-corrected chi connectivity index (χ0v) is 11.5. The Hall–Kier alpha value is -1.45. The molecule has 2 aromatic rings. The Labute approximate surface area is 98.5 Å². The number of rotatable bonds is 0. The van der Waals surface area contributed by atoms with E-state index >= 15 is 0 Å². The number of aromatic nitrogens is 4. The fourth-order valence-electron chi connectivity index (χ4n) is 0.874. The lowest BCUT2D eigenvalue weighted by Gasteiger charge is -1.83. The molecule has 0 unspecified atom stereocenters. The topological polar surface area (TPSA) is 54.5 Å². The molecular formula is C12H24N4. The number of aromatic amines is 1. The number of hydrogen-bond acceptors (Lipinski definition) is 3. The van der Waals surface area contributed by atoms with Crippen LogP contribution >= 0.6 is 0 Å². The smallest absolute Gasteiger partial charge is 0.184 e. The van der Waals surface area contributed by atoms with Gasteiger partial charge in [-0.3, -0.25) is 5.10 Å². The maximum Gasteiger partial charge on any atom is 0.184 e. The summed E-state index contributed by atoms with van der Waals surface area (Å²) in [6.45, 7) is 13.9. The highest BCUT2D eigenvalue weighted by Crippen LogP contribution is 2.08. The summed E-state index contributed by atoms with van der Waals surface area (Å²) in [6.07, 6.45) is 3.24. The maximum atomic E-state index is 3.95. The van der Waals surface area contributed by atoms with Crippen molar-refractivity contribution in [1.29, 1.82) is 0 Å². The first-order chi connectivity index (χ1) is 7.88. The summed E-state index contributed by atoms with van der Waals surface area (Å²) >= 11 is 0. The first-order valence-corrected chi connectivity index (χ1v) is 5.98. The molecule has 2 aromatic heterocycles. The van der Waals surface area contributed by atoms with E-state index in [1.54, 1.807) is 6.20 Å². The van der Waals surface area contributed by atoms with Crippen molar-refractivity contribution in [3.63, 3.8) is 0 Å². The van der Waals surface area contributed by atoms with Crippen LogP contribution in [0.1, 0.15) is 47.2 Å². The standard InChI is InChI=1S/C6H6N4.3C2H6/c1-4-5-2-7-3-8-6(5)10-9-4;3*1-2/h2-3H,1H3,(H,7,8,9,10);3*1-2H3. The Kier molecular flexibility index (Phi) is 12.3. The minimum atomic E-state index is 0.729. The van der Waals surface area contributed by atoms with Gasteiger partial charge in [0.25, 0.3) is 0 Å². The largest absolute Gasteiger partial charge is 0.280 e. The van der Waals surface area contributed by atoms with Gasteiger partial charge in [-0.25, -0.2) is 9.97 Å². The van der Waals surface area contributed by atoms with E-state index in [4.69, 9.17) is 0 Å². The van der Waals surface area contributed by atoms with Crippen molar-refractivity contribution in [2.24, 2.45) is 0 Å².